The van der Waals surface area contributed by atoms with Gasteiger partial charge in [-0.25, -0.2) is 0 Å². The molecule has 1 aromatic carbocycles. The molecule has 0 aliphatic rings. The lowest BCUT2D eigenvalue weighted by Crippen LogP contribution is -2.12. The summed E-state index contributed by atoms with van der Waals surface area (Å²) < 4.78 is 1.12. The van der Waals surface area contributed by atoms with Crippen molar-refractivity contribution >= 4 is 60.2 Å². The zero-order valence-corrected chi connectivity index (χ0v) is 12.9. The summed E-state index contributed by atoms with van der Waals surface area (Å²) in [7, 11) is 0. The zero-order chi connectivity index (χ0) is 10.7. The van der Waals surface area contributed by atoms with Crippen LogP contribution in [0.5, 0.6) is 0 Å². The number of carbonyl (C=O) groups excluding carboxylic acids is 1. The molecule has 1 rings (SSSR count). The van der Waals surface area contributed by atoms with Gasteiger partial charge in [-0.15, -0.1) is 0 Å². The first-order chi connectivity index (χ1) is 6.57. The highest BCUT2D eigenvalue weighted by Gasteiger charge is 2.16. The number of alkyl halides is 2. The number of Topliss-reactive ketones (excluding diaryl/α,β-unsaturated/α-hetero) is 1. The summed E-state index contributed by atoms with van der Waals surface area (Å²) in [5.41, 5.74) is 1.88. The lowest BCUT2D eigenvalue weighted by Gasteiger charge is -2.09. The molecular formula is C10H9Br2IO. The van der Waals surface area contributed by atoms with E-state index < -0.39 is 0 Å². The van der Waals surface area contributed by atoms with E-state index in [9.17, 15) is 4.79 Å². The van der Waals surface area contributed by atoms with Crippen molar-refractivity contribution in [3.8, 4) is 0 Å². The molecule has 0 fully saturated rings. The van der Waals surface area contributed by atoms with Gasteiger partial charge in [0.1, 0.15) is 0 Å². The SMILES string of the molecule is CC(Br)C(=O)c1cccc(I)c1CBr. The van der Waals surface area contributed by atoms with Crippen molar-refractivity contribution in [2.75, 3.05) is 0 Å². The minimum absolute atomic E-state index is 0.126. The molecule has 0 radical (unpaired) electrons. The number of hydrogen-bond donors (Lipinski definition) is 0. The predicted molar refractivity (Wildman–Crippen MR) is 74.5 cm³/mol. The van der Waals surface area contributed by atoms with Crippen LogP contribution in [0.1, 0.15) is 22.8 Å². The van der Waals surface area contributed by atoms with Crippen molar-refractivity contribution in [1.29, 1.82) is 0 Å². The molecule has 76 valence electrons. The maximum absolute atomic E-state index is 11.8. The van der Waals surface area contributed by atoms with Gasteiger partial charge in [0.05, 0.1) is 4.83 Å². The number of ketones is 1. The first kappa shape index (κ1) is 12.6. The van der Waals surface area contributed by atoms with Crippen molar-refractivity contribution in [3.05, 3.63) is 32.9 Å². The topological polar surface area (TPSA) is 17.1 Å². The van der Waals surface area contributed by atoms with Crippen LogP contribution in [0.2, 0.25) is 0 Å². The molecule has 14 heavy (non-hydrogen) atoms. The quantitative estimate of drug-likeness (QED) is 0.399. The molecule has 0 heterocycles. The van der Waals surface area contributed by atoms with Gasteiger partial charge in [-0.2, -0.15) is 0 Å². The molecule has 0 N–H and O–H groups in total. The Balaban J connectivity index is 3.20. The van der Waals surface area contributed by atoms with E-state index in [1.807, 2.05) is 25.1 Å². The first-order valence-electron chi connectivity index (χ1n) is 4.09. The summed E-state index contributed by atoms with van der Waals surface area (Å²) >= 11 is 8.95. The molecule has 1 aromatic rings. The Morgan fingerprint density at radius 1 is 1.57 bits per heavy atom. The van der Waals surface area contributed by atoms with Gasteiger partial charge in [0.15, 0.2) is 5.78 Å². The maximum Gasteiger partial charge on any atom is 0.176 e. The van der Waals surface area contributed by atoms with Gasteiger partial charge in [-0.05, 0) is 41.1 Å². The van der Waals surface area contributed by atoms with Crippen LogP contribution in [0.15, 0.2) is 18.2 Å². The van der Waals surface area contributed by atoms with Crippen LogP contribution in [0.3, 0.4) is 0 Å². The molecule has 1 nitrogen and oxygen atoms in total. The van der Waals surface area contributed by atoms with Gasteiger partial charge < -0.3 is 0 Å². The van der Waals surface area contributed by atoms with Crippen molar-refractivity contribution in [1.82, 2.24) is 0 Å². The number of hydrogen-bond acceptors (Lipinski definition) is 1. The second-order valence-electron chi connectivity index (χ2n) is 2.88. The van der Waals surface area contributed by atoms with Crippen molar-refractivity contribution in [3.63, 3.8) is 0 Å². The van der Waals surface area contributed by atoms with Crippen molar-refractivity contribution in [2.45, 2.75) is 17.1 Å². The van der Waals surface area contributed by atoms with Gasteiger partial charge in [-0.1, -0.05) is 44.0 Å². The Hall–Kier alpha value is 0.580. The molecule has 0 aliphatic carbocycles. The fourth-order valence-electron chi connectivity index (χ4n) is 1.14. The Morgan fingerprint density at radius 2 is 2.21 bits per heavy atom. The predicted octanol–water partition coefficient (Wildman–Crippen LogP) is 4.15. The number of rotatable bonds is 3. The summed E-state index contributed by atoms with van der Waals surface area (Å²) in [4.78, 5) is 11.7. The average molecular weight is 432 g/mol. The van der Waals surface area contributed by atoms with Gasteiger partial charge in [0.2, 0.25) is 0 Å². The molecule has 0 aliphatic heterocycles. The van der Waals surface area contributed by atoms with Gasteiger partial charge in [0, 0.05) is 14.5 Å². The van der Waals surface area contributed by atoms with Gasteiger partial charge in [0.25, 0.3) is 0 Å². The minimum atomic E-state index is -0.126. The van der Waals surface area contributed by atoms with E-state index in [4.69, 9.17) is 0 Å². The fourth-order valence-corrected chi connectivity index (χ4v) is 3.20. The Bertz CT molecular complexity index is 350. The Labute approximate surface area is 114 Å². The van der Waals surface area contributed by atoms with Crippen molar-refractivity contribution < 1.29 is 4.79 Å². The second-order valence-corrected chi connectivity index (χ2v) is 5.98. The van der Waals surface area contributed by atoms with Crippen LogP contribution < -0.4 is 0 Å². The molecular weight excluding hydrogens is 423 g/mol. The number of carbonyl (C=O) groups is 1. The molecule has 4 heteroatoms. The highest BCUT2D eigenvalue weighted by molar-refractivity contribution is 14.1. The molecule has 1 atom stereocenters. The van der Waals surface area contributed by atoms with E-state index in [2.05, 4.69) is 54.5 Å². The number of halogens is 3. The molecule has 1 unspecified atom stereocenters. The summed E-state index contributed by atoms with van der Waals surface area (Å²) in [6, 6.07) is 5.79. The molecule has 0 saturated heterocycles. The monoisotopic (exact) mass is 430 g/mol. The van der Waals surface area contributed by atoms with E-state index in [0.717, 1.165) is 14.7 Å². The van der Waals surface area contributed by atoms with E-state index in [0.29, 0.717) is 5.33 Å². The molecule has 0 aromatic heterocycles. The van der Waals surface area contributed by atoms with Crippen LogP contribution in [0, 0.1) is 3.57 Å². The lowest BCUT2D eigenvalue weighted by molar-refractivity contribution is 0.0995. The van der Waals surface area contributed by atoms with E-state index in [1.165, 1.54) is 0 Å². The average Bonchev–Trinajstić information content (AvgIpc) is 2.16. The van der Waals surface area contributed by atoms with Crippen LogP contribution in [-0.4, -0.2) is 10.6 Å². The summed E-state index contributed by atoms with van der Waals surface area (Å²) in [5, 5.41) is 0.715. The number of benzene rings is 1. The van der Waals surface area contributed by atoms with Crippen LogP contribution in [-0.2, 0) is 5.33 Å². The first-order valence-corrected chi connectivity index (χ1v) is 7.21. The van der Waals surface area contributed by atoms with Crippen LogP contribution in [0.25, 0.3) is 0 Å². The zero-order valence-electron chi connectivity index (χ0n) is 7.56. The third-order valence-corrected chi connectivity index (χ3v) is 3.87. The summed E-state index contributed by atoms with van der Waals surface area (Å²) in [6.07, 6.45) is 0. The maximum atomic E-state index is 11.8. The largest absolute Gasteiger partial charge is 0.293 e. The molecule has 0 saturated carbocycles. The third kappa shape index (κ3) is 2.79. The lowest BCUT2D eigenvalue weighted by atomic mass is 10.0. The minimum Gasteiger partial charge on any atom is -0.293 e. The third-order valence-electron chi connectivity index (χ3n) is 1.88. The van der Waals surface area contributed by atoms with Gasteiger partial charge in [-0.3, -0.25) is 4.79 Å². The summed E-state index contributed by atoms with van der Waals surface area (Å²) in [5.74, 6) is 0.137. The summed E-state index contributed by atoms with van der Waals surface area (Å²) in [6.45, 7) is 1.85. The van der Waals surface area contributed by atoms with E-state index >= 15 is 0 Å². The normalized spacial score (nSPS) is 12.6. The second kappa shape index (κ2) is 5.61. The standard InChI is InChI=1S/C10H9Br2IO/c1-6(12)10(14)7-3-2-4-9(13)8(7)5-11/h2-4,6H,5H2,1H3. The van der Waals surface area contributed by atoms with Crippen LogP contribution in [0.4, 0.5) is 0 Å². The Morgan fingerprint density at radius 3 is 2.71 bits per heavy atom. The van der Waals surface area contributed by atoms with Gasteiger partial charge >= 0.3 is 0 Å². The van der Waals surface area contributed by atoms with Crippen molar-refractivity contribution in [2.24, 2.45) is 0 Å². The van der Waals surface area contributed by atoms with E-state index in [-0.39, 0.29) is 10.6 Å². The fraction of sp³-hybridized carbons (Fsp3) is 0.300. The molecule has 0 spiro atoms. The highest BCUT2D eigenvalue weighted by atomic mass is 127. The van der Waals surface area contributed by atoms with Crippen LogP contribution >= 0.6 is 54.5 Å². The van der Waals surface area contributed by atoms with E-state index in [1.54, 1.807) is 0 Å². The molecule has 0 bridgehead atoms. The highest BCUT2D eigenvalue weighted by Crippen LogP contribution is 2.22. The molecule has 0 amide bonds. The smallest absolute Gasteiger partial charge is 0.176 e. The Kier molecular flexibility index (Phi) is 5.06.